The molecular formula is C5H9ClN4O. The molecule has 5 nitrogen and oxygen atoms in total. The molecule has 0 saturated carbocycles. The minimum atomic E-state index is 0. The van der Waals surface area contributed by atoms with Crippen molar-refractivity contribution in [1.82, 2.24) is 9.78 Å². The summed E-state index contributed by atoms with van der Waals surface area (Å²) in [6.45, 7) is 1.78. The van der Waals surface area contributed by atoms with Gasteiger partial charge < -0.3 is 12.4 Å². The van der Waals surface area contributed by atoms with Gasteiger partial charge in [0.1, 0.15) is 0 Å². The van der Waals surface area contributed by atoms with Crippen LogP contribution in [0.2, 0.25) is 0 Å². The molecule has 0 bridgehead atoms. The lowest BCUT2D eigenvalue weighted by Gasteiger charge is -1.83. The van der Waals surface area contributed by atoms with E-state index in [-0.39, 0.29) is 24.7 Å². The molecule has 1 aromatic rings. The van der Waals surface area contributed by atoms with Gasteiger partial charge in [-0.05, 0) is 6.92 Å². The van der Waals surface area contributed by atoms with E-state index in [4.69, 9.17) is 5.84 Å². The number of nitrogens with two attached hydrogens (primary N) is 1. The summed E-state index contributed by atoms with van der Waals surface area (Å²) in [6, 6.07) is 0. The van der Waals surface area contributed by atoms with Crippen LogP contribution in [0, 0.1) is 0 Å². The highest BCUT2D eigenvalue weighted by atomic mass is 35.5. The van der Waals surface area contributed by atoms with Crippen molar-refractivity contribution in [3.63, 3.8) is 0 Å². The number of ketones is 1. The fourth-order valence-corrected chi connectivity index (χ4v) is 0.649. The summed E-state index contributed by atoms with van der Waals surface area (Å²) in [5.41, 5.74) is 0. The van der Waals surface area contributed by atoms with Crippen molar-refractivity contribution < 1.29 is 21.9 Å². The maximum Gasteiger partial charge on any atom is 0.286 e. The average molecular weight is 177 g/mol. The van der Waals surface area contributed by atoms with Crippen LogP contribution in [-0.4, -0.2) is 15.6 Å². The Morgan fingerprint density at radius 3 is 2.82 bits per heavy atom. The summed E-state index contributed by atoms with van der Waals surface area (Å²) in [4.78, 5) is 10.5. The summed E-state index contributed by atoms with van der Waals surface area (Å²) < 4.78 is 2.77. The molecule has 0 spiro atoms. The molecule has 1 heterocycles. The van der Waals surface area contributed by atoms with Gasteiger partial charge in [-0.1, -0.05) is 0 Å². The van der Waals surface area contributed by atoms with Gasteiger partial charge in [-0.25, -0.2) is 0 Å². The number of hydrogen-bond acceptors (Lipinski definition) is 3. The van der Waals surface area contributed by atoms with E-state index >= 15 is 0 Å². The summed E-state index contributed by atoms with van der Waals surface area (Å²) in [6.07, 6.45) is 2.98. The molecule has 1 rings (SSSR count). The Kier molecular flexibility index (Phi) is 3.53. The quantitative estimate of drug-likeness (QED) is 0.365. The molecule has 11 heavy (non-hydrogen) atoms. The largest absolute Gasteiger partial charge is 1.00 e. The lowest BCUT2D eigenvalue weighted by atomic mass is 10.5. The Morgan fingerprint density at radius 2 is 2.45 bits per heavy atom. The molecule has 0 amide bonds. The maximum absolute atomic E-state index is 10.5. The fourth-order valence-electron chi connectivity index (χ4n) is 0.649. The molecule has 0 aliphatic heterocycles. The molecule has 62 valence electrons. The van der Waals surface area contributed by atoms with Gasteiger partial charge in [0.15, 0.2) is 12.3 Å². The first-order chi connectivity index (χ1) is 4.68. The topological polar surface area (TPSA) is 64.8 Å². The van der Waals surface area contributed by atoms with E-state index in [9.17, 15) is 4.79 Å². The molecule has 0 aliphatic carbocycles. The highest BCUT2D eigenvalue weighted by Crippen LogP contribution is 1.77. The number of carbonyl (C=O) groups excluding carboxylic acids is 1. The molecule has 0 aliphatic rings. The number of hydrogen-bond donors (Lipinski definition) is 1. The van der Waals surface area contributed by atoms with E-state index in [0.29, 0.717) is 0 Å². The van der Waals surface area contributed by atoms with Crippen LogP contribution >= 0.6 is 0 Å². The third-order valence-electron chi connectivity index (χ3n) is 0.985. The number of rotatable bonds is 2. The van der Waals surface area contributed by atoms with Crippen molar-refractivity contribution in [1.29, 1.82) is 0 Å². The number of carbonyl (C=O) groups is 1. The van der Waals surface area contributed by atoms with Crippen LogP contribution in [0.25, 0.3) is 0 Å². The SMILES string of the molecule is CC(=O)Cn1c[n+](N)cn1.[Cl-]. The van der Waals surface area contributed by atoms with E-state index in [1.807, 2.05) is 0 Å². The summed E-state index contributed by atoms with van der Waals surface area (Å²) in [5.74, 6) is 5.34. The summed E-state index contributed by atoms with van der Waals surface area (Å²) in [5, 5.41) is 3.79. The third-order valence-corrected chi connectivity index (χ3v) is 0.985. The molecular weight excluding hydrogens is 168 g/mol. The Balaban J connectivity index is 0.000001000. The van der Waals surface area contributed by atoms with Gasteiger partial charge >= 0.3 is 0 Å². The molecule has 0 atom stereocenters. The number of halogens is 1. The lowest BCUT2D eigenvalue weighted by molar-refractivity contribution is -0.639. The molecule has 0 aromatic carbocycles. The molecule has 0 saturated heterocycles. The van der Waals surface area contributed by atoms with E-state index < -0.39 is 0 Å². The maximum atomic E-state index is 10.5. The monoisotopic (exact) mass is 176 g/mol. The highest BCUT2D eigenvalue weighted by Gasteiger charge is 2.04. The zero-order chi connectivity index (χ0) is 7.56. The predicted molar refractivity (Wildman–Crippen MR) is 33.3 cm³/mol. The van der Waals surface area contributed by atoms with E-state index in [0.717, 1.165) is 0 Å². The zero-order valence-electron chi connectivity index (χ0n) is 6.07. The smallest absolute Gasteiger partial charge is 0.286 e. The van der Waals surface area contributed by atoms with Gasteiger partial charge in [-0.3, -0.25) is 10.6 Å². The molecule has 1 aromatic heterocycles. The summed E-state index contributed by atoms with van der Waals surface area (Å²) >= 11 is 0. The molecule has 0 fully saturated rings. The molecule has 6 heteroatoms. The van der Waals surface area contributed by atoms with Crippen molar-refractivity contribution in [2.75, 3.05) is 5.84 Å². The van der Waals surface area contributed by atoms with Gasteiger partial charge in [0.2, 0.25) is 6.33 Å². The first-order valence-electron chi connectivity index (χ1n) is 2.86. The number of nitrogen functional groups attached to an aromatic ring is 1. The van der Waals surface area contributed by atoms with Crippen LogP contribution in [0.1, 0.15) is 6.92 Å². The Hall–Kier alpha value is -1.10. The van der Waals surface area contributed by atoms with Crippen LogP contribution in [0.4, 0.5) is 0 Å². The minimum absolute atomic E-state index is 0. The predicted octanol–water partition coefficient (Wildman–Crippen LogP) is -4.52. The first kappa shape index (κ1) is 9.90. The van der Waals surface area contributed by atoms with E-state index in [1.54, 1.807) is 6.33 Å². The van der Waals surface area contributed by atoms with Crippen molar-refractivity contribution >= 4 is 5.78 Å². The second kappa shape index (κ2) is 3.92. The Labute approximate surface area is 70.2 Å². The molecule has 0 radical (unpaired) electrons. The first-order valence-corrected chi connectivity index (χ1v) is 2.86. The third kappa shape index (κ3) is 2.99. The van der Waals surface area contributed by atoms with E-state index in [2.05, 4.69) is 5.10 Å². The molecule has 2 N–H and O–H groups in total. The van der Waals surface area contributed by atoms with Gasteiger partial charge in [0.25, 0.3) is 6.33 Å². The average Bonchev–Trinajstić information content (AvgIpc) is 2.13. The highest BCUT2D eigenvalue weighted by molar-refractivity contribution is 5.75. The summed E-state index contributed by atoms with van der Waals surface area (Å²) in [7, 11) is 0. The Morgan fingerprint density at radius 1 is 1.82 bits per heavy atom. The lowest BCUT2D eigenvalue weighted by Crippen LogP contribution is -3.00. The van der Waals surface area contributed by atoms with Gasteiger partial charge in [-0.2, -0.15) is 0 Å². The number of aromatic nitrogens is 3. The van der Waals surface area contributed by atoms with E-state index in [1.165, 1.54) is 22.6 Å². The van der Waals surface area contributed by atoms with Crippen LogP contribution in [0.15, 0.2) is 12.7 Å². The zero-order valence-corrected chi connectivity index (χ0v) is 6.82. The molecule has 0 unspecified atom stereocenters. The van der Waals surface area contributed by atoms with Crippen LogP contribution in [0.5, 0.6) is 0 Å². The van der Waals surface area contributed by atoms with Gasteiger partial charge in [-0.15, -0.1) is 9.36 Å². The van der Waals surface area contributed by atoms with Gasteiger partial charge in [0, 0.05) is 5.10 Å². The van der Waals surface area contributed by atoms with Crippen molar-refractivity contribution in [2.45, 2.75) is 13.5 Å². The number of nitrogens with zero attached hydrogens (tertiary/aromatic N) is 3. The van der Waals surface area contributed by atoms with Crippen molar-refractivity contribution in [2.24, 2.45) is 0 Å². The van der Waals surface area contributed by atoms with Crippen molar-refractivity contribution in [3.05, 3.63) is 12.7 Å². The Bertz CT molecular complexity index is 246. The second-order valence-electron chi connectivity index (χ2n) is 2.09. The minimum Gasteiger partial charge on any atom is -1.00 e. The van der Waals surface area contributed by atoms with Gasteiger partial charge in [0.05, 0.1) is 0 Å². The fraction of sp³-hybridized carbons (Fsp3) is 0.400. The standard InChI is InChI=1S/C5H9N4O.ClH/c1-5(10)2-9-4-8(6)3-7-9;/h3-4H,2,6H2,1H3;1H/q+1;/p-1. The van der Waals surface area contributed by atoms with Crippen molar-refractivity contribution in [3.8, 4) is 0 Å². The van der Waals surface area contributed by atoms with Crippen LogP contribution < -0.4 is 22.9 Å². The number of Topliss-reactive ketones (excluding diaryl/α,β-unsaturated/α-hetero) is 1. The van der Waals surface area contributed by atoms with Crippen LogP contribution in [0.3, 0.4) is 0 Å². The second-order valence-corrected chi connectivity index (χ2v) is 2.09. The van der Waals surface area contributed by atoms with Crippen LogP contribution in [-0.2, 0) is 11.3 Å². The normalized spacial score (nSPS) is 8.82.